The second-order valence-corrected chi connectivity index (χ2v) is 7.63. The molecule has 1 atom stereocenters. The number of aromatic hydroxyl groups is 1. The number of fused-ring (bicyclic) bond motifs is 3. The van der Waals surface area contributed by atoms with Crippen molar-refractivity contribution in [1.82, 2.24) is 0 Å². The van der Waals surface area contributed by atoms with Gasteiger partial charge >= 0.3 is 5.63 Å². The summed E-state index contributed by atoms with van der Waals surface area (Å²) in [4.78, 5) is 25.2. The maximum Gasteiger partial charge on any atom is 0.336 e. The molecule has 1 aliphatic rings. The minimum Gasteiger partial charge on any atom is -0.504 e. The molecule has 0 saturated carbocycles. The van der Waals surface area contributed by atoms with Gasteiger partial charge in [0.1, 0.15) is 17.4 Å². The van der Waals surface area contributed by atoms with Gasteiger partial charge in [0.15, 0.2) is 17.3 Å². The van der Waals surface area contributed by atoms with Gasteiger partial charge in [0, 0.05) is 6.07 Å². The lowest BCUT2D eigenvalue weighted by atomic mass is 9.90. The average molecular weight is 408 g/mol. The predicted octanol–water partition coefficient (Wildman–Crippen LogP) is 4.86. The van der Waals surface area contributed by atoms with Gasteiger partial charge in [-0.2, -0.15) is 0 Å². The van der Waals surface area contributed by atoms with E-state index in [-0.39, 0.29) is 18.0 Å². The van der Waals surface area contributed by atoms with Crippen LogP contribution in [0.15, 0.2) is 39.5 Å². The second kappa shape index (κ2) is 7.86. The van der Waals surface area contributed by atoms with Crippen molar-refractivity contribution in [3.8, 4) is 17.2 Å². The van der Waals surface area contributed by atoms with Gasteiger partial charge in [0.25, 0.3) is 0 Å². The van der Waals surface area contributed by atoms with Crippen LogP contribution in [0.5, 0.6) is 17.2 Å². The highest BCUT2D eigenvalue weighted by molar-refractivity contribution is 6.07. The fourth-order valence-electron chi connectivity index (χ4n) is 4.06. The van der Waals surface area contributed by atoms with Crippen molar-refractivity contribution >= 4 is 16.8 Å². The summed E-state index contributed by atoms with van der Waals surface area (Å²) in [6, 6.07) is 8.16. The molecule has 1 aliphatic heterocycles. The third-order valence-corrected chi connectivity index (χ3v) is 5.55. The van der Waals surface area contributed by atoms with Crippen molar-refractivity contribution in [1.29, 1.82) is 0 Å². The van der Waals surface area contributed by atoms with Gasteiger partial charge in [-0.15, -0.1) is 0 Å². The largest absolute Gasteiger partial charge is 0.504 e. The first-order valence-corrected chi connectivity index (χ1v) is 10.1. The predicted molar refractivity (Wildman–Crippen MR) is 113 cm³/mol. The summed E-state index contributed by atoms with van der Waals surface area (Å²) in [5.74, 6) is 0.778. The third-order valence-electron chi connectivity index (χ3n) is 5.55. The van der Waals surface area contributed by atoms with E-state index in [0.717, 1.165) is 29.5 Å². The van der Waals surface area contributed by atoms with E-state index < -0.39 is 11.7 Å². The summed E-state index contributed by atoms with van der Waals surface area (Å²) in [7, 11) is 1.47. The summed E-state index contributed by atoms with van der Waals surface area (Å²) in [6.45, 7) is 3.91. The number of hydrogen-bond acceptors (Lipinski definition) is 6. The molecule has 0 unspecified atom stereocenters. The molecule has 30 heavy (non-hydrogen) atoms. The fraction of sp³-hybridized carbons (Fsp3) is 0.333. The summed E-state index contributed by atoms with van der Waals surface area (Å²) < 4.78 is 17.0. The molecule has 156 valence electrons. The summed E-state index contributed by atoms with van der Waals surface area (Å²) >= 11 is 0. The number of aryl methyl sites for hydroxylation is 2. The number of unbranched alkanes of at least 4 members (excludes halogenated alkanes) is 1. The van der Waals surface area contributed by atoms with Gasteiger partial charge in [-0.25, -0.2) is 4.79 Å². The Bertz CT molecular complexity index is 1190. The van der Waals surface area contributed by atoms with E-state index >= 15 is 0 Å². The van der Waals surface area contributed by atoms with E-state index in [4.69, 9.17) is 13.9 Å². The topological polar surface area (TPSA) is 86.0 Å². The van der Waals surface area contributed by atoms with Gasteiger partial charge in [-0.3, -0.25) is 4.79 Å². The molecule has 0 amide bonds. The first-order chi connectivity index (χ1) is 14.4. The van der Waals surface area contributed by atoms with Gasteiger partial charge in [-0.05, 0) is 54.7 Å². The van der Waals surface area contributed by atoms with Crippen LogP contribution in [-0.4, -0.2) is 18.0 Å². The Balaban J connectivity index is 1.89. The smallest absolute Gasteiger partial charge is 0.336 e. The monoisotopic (exact) mass is 408 g/mol. The molecule has 3 aromatic rings. The van der Waals surface area contributed by atoms with Crippen molar-refractivity contribution in [3.05, 3.63) is 63.0 Å². The molecular formula is C24H24O6. The van der Waals surface area contributed by atoms with Crippen LogP contribution in [0.4, 0.5) is 0 Å². The summed E-state index contributed by atoms with van der Waals surface area (Å²) in [5.41, 5.74) is 2.84. The highest BCUT2D eigenvalue weighted by Crippen LogP contribution is 2.43. The zero-order valence-electron chi connectivity index (χ0n) is 17.3. The molecule has 0 saturated heterocycles. The van der Waals surface area contributed by atoms with E-state index in [1.807, 2.05) is 6.92 Å². The van der Waals surface area contributed by atoms with E-state index in [2.05, 4.69) is 6.92 Å². The first kappa shape index (κ1) is 20.0. The number of methoxy groups -OCH3 is 1. The molecule has 1 aromatic heterocycles. The Labute approximate surface area is 174 Å². The molecule has 6 nitrogen and oxygen atoms in total. The Morgan fingerprint density at radius 3 is 2.73 bits per heavy atom. The zero-order chi connectivity index (χ0) is 21.4. The van der Waals surface area contributed by atoms with Crippen molar-refractivity contribution in [3.63, 3.8) is 0 Å². The highest BCUT2D eigenvalue weighted by Gasteiger charge is 2.32. The van der Waals surface area contributed by atoms with Gasteiger partial charge in [0.05, 0.1) is 24.5 Å². The van der Waals surface area contributed by atoms with E-state index in [0.29, 0.717) is 34.5 Å². The highest BCUT2D eigenvalue weighted by atomic mass is 16.5. The number of Topliss-reactive ketones (excluding diaryl/α,β-unsaturated/α-hetero) is 1. The standard InChI is InChI=1S/C24H24O6/c1-4-5-6-15-11-21(27)29-20-9-13(2)22-17(26)12-18(30-24(22)23(15)20)14-7-8-16(25)19(10-14)28-3/h7-11,18,25H,4-6,12H2,1-3H3/t18-/m0/s1. The number of carbonyl (C=O) groups is 1. The lowest BCUT2D eigenvalue weighted by molar-refractivity contribution is 0.0852. The number of phenols is 1. The number of rotatable bonds is 5. The van der Waals surface area contributed by atoms with Crippen molar-refractivity contribution < 1.29 is 23.8 Å². The quantitative estimate of drug-likeness (QED) is 0.607. The lowest BCUT2D eigenvalue weighted by Crippen LogP contribution is -2.22. The minimum atomic E-state index is -0.532. The van der Waals surface area contributed by atoms with Crippen LogP contribution in [0.3, 0.4) is 0 Å². The molecule has 0 radical (unpaired) electrons. The van der Waals surface area contributed by atoms with Gasteiger partial charge in [-0.1, -0.05) is 19.4 Å². The lowest BCUT2D eigenvalue weighted by Gasteiger charge is -2.28. The van der Waals surface area contributed by atoms with Gasteiger partial charge in [0.2, 0.25) is 0 Å². The van der Waals surface area contributed by atoms with Crippen molar-refractivity contribution in [2.24, 2.45) is 0 Å². The third kappa shape index (κ3) is 3.43. The molecule has 0 spiro atoms. The van der Waals surface area contributed by atoms with E-state index in [1.54, 1.807) is 18.2 Å². The average Bonchev–Trinajstić information content (AvgIpc) is 2.71. The van der Waals surface area contributed by atoms with Crippen LogP contribution in [0, 0.1) is 6.92 Å². The van der Waals surface area contributed by atoms with Crippen LogP contribution in [-0.2, 0) is 6.42 Å². The molecule has 2 heterocycles. The summed E-state index contributed by atoms with van der Waals surface area (Å²) in [6.07, 6.45) is 2.23. The maximum absolute atomic E-state index is 13.1. The SMILES string of the molecule is CCCCc1cc(=O)oc2cc(C)c3c(c12)O[C@H](c1ccc(O)c(OC)c1)CC3=O. The van der Waals surface area contributed by atoms with Crippen LogP contribution < -0.4 is 15.1 Å². The molecule has 0 aliphatic carbocycles. The maximum atomic E-state index is 13.1. The van der Waals surface area contributed by atoms with E-state index in [9.17, 15) is 14.7 Å². The normalized spacial score (nSPS) is 15.7. The number of ketones is 1. The van der Waals surface area contributed by atoms with Crippen LogP contribution >= 0.6 is 0 Å². The molecule has 6 heteroatoms. The fourth-order valence-corrected chi connectivity index (χ4v) is 4.06. The Morgan fingerprint density at radius 1 is 1.20 bits per heavy atom. The first-order valence-electron chi connectivity index (χ1n) is 10.1. The Hall–Kier alpha value is -3.28. The molecule has 1 N–H and O–H groups in total. The number of carbonyl (C=O) groups excluding carboxylic acids is 1. The molecule has 0 bridgehead atoms. The van der Waals surface area contributed by atoms with Crippen molar-refractivity contribution in [2.75, 3.05) is 7.11 Å². The second-order valence-electron chi connectivity index (χ2n) is 7.63. The number of ether oxygens (including phenoxy) is 2. The van der Waals surface area contributed by atoms with Crippen molar-refractivity contribution in [2.45, 2.75) is 45.6 Å². The number of benzene rings is 2. The van der Waals surface area contributed by atoms with Crippen LogP contribution in [0.1, 0.15) is 59.3 Å². The Kier molecular flexibility index (Phi) is 5.24. The minimum absolute atomic E-state index is 0.0220. The van der Waals surface area contributed by atoms with Gasteiger partial charge < -0.3 is 19.0 Å². The number of hydrogen-bond donors (Lipinski definition) is 1. The summed E-state index contributed by atoms with van der Waals surface area (Å²) in [5, 5.41) is 10.6. The molecular weight excluding hydrogens is 384 g/mol. The van der Waals surface area contributed by atoms with Crippen LogP contribution in [0.2, 0.25) is 0 Å². The number of phenolic OH excluding ortho intramolecular Hbond substituents is 1. The molecule has 0 fully saturated rings. The molecule has 2 aromatic carbocycles. The van der Waals surface area contributed by atoms with Crippen LogP contribution in [0.25, 0.3) is 11.0 Å². The van der Waals surface area contributed by atoms with E-state index in [1.165, 1.54) is 19.2 Å². The zero-order valence-corrected chi connectivity index (χ0v) is 17.3. The molecule has 4 rings (SSSR count). The Morgan fingerprint density at radius 2 is 2.00 bits per heavy atom.